The summed E-state index contributed by atoms with van der Waals surface area (Å²) in [6.45, 7) is 8.13. The summed E-state index contributed by atoms with van der Waals surface area (Å²) in [6, 6.07) is 11.1. The van der Waals surface area contributed by atoms with E-state index in [0.717, 1.165) is 11.4 Å². The number of rotatable bonds is 13. The zero-order valence-corrected chi connectivity index (χ0v) is 25.2. The highest BCUT2D eigenvalue weighted by atomic mass is 35.5. The van der Waals surface area contributed by atoms with E-state index in [2.05, 4.69) is 22.1 Å². The molecule has 0 radical (unpaired) electrons. The van der Waals surface area contributed by atoms with Gasteiger partial charge in [0.15, 0.2) is 5.78 Å². The number of carbonyl (C=O) groups is 2. The zero-order chi connectivity index (χ0) is 29.6. The van der Waals surface area contributed by atoms with Gasteiger partial charge in [0.25, 0.3) is 5.56 Å². The number of ketones is 1. The Balaban J connectivity index is 1.79. The third-order valence-corrected chi connectivity index (χ3v) is 7.29. The number of hydrogen-bond donors (Lipinski definition) is 1. The average Bonchev–Trinajstić information content (AvgIpc) is 3.12. The molecule has 1 atom stereocenters. The summed E-state index contributed by atoms with van der Waals surface area (Å²) < 4.78 is 8.88. The first kappa shape index (κ1) is 31.1. The number of carbonyl (C=O) groups excluding carboxylic acids is 2. The van der Waals surface area contributed by atoms with Gasteiger partial charge in [0.2, 0.25) is 11.8 Å². The normalized spacial score (nSPS) is 12.4. The van der Waals surface area contributed by atoms with E-state index in [0.29, 0.717) is 30.0 Å². The van der Waals surface area contributed by atoms with Gasteiger partial charge in [-0.1, -0.05) is 43.6 Å². The molecule has 40 heavy (non-hydrogen) atoms. The molecule has 0 aliphatic heterocycles. The summed E-state index contributed by atoms with van der Waals surface area (Å²) in [6.07, 6.45) is 2.79. The van der Waals surface area contributed by atoms with E-state index >= 15 is 0 Å². The molecule has 0 aliphatic carbocycles. The lowest BCUT2D eigenvalue weighted by Gasteiger charge is -2.24. The van der Waals surface area contributed by atoms with E-state index in [-0.39, 0.29) is 47.7 Å². The van der Waals surface area contributed by atoms with Gasteiger partial charge in [-0.2, -0.15) is 0 Å². The minimum atomic E-state index is -0.512. The Kier molecular flexibility index (Phi) is 10.3. The predicted molar refractivity (Wildman–Crippen MR) is 159 cm³/mol. The monoisotopic (exact) mass is 569 g/mol. The van der Waals surface area contributed by atoms with Crippen LogP contribution < -0.4 is 15.6 Å². The molecule has 216 valence electrons. The molecular formula is C30H40ClN5O4. The zero-order valence-electron chi connectivity index (χ0n) is 24.5. The fourth-order valence-electron chi connectivity index (χ4n) is 4.50. The van der Waals surface area contributed by atoms with Crippen LogP contribution in [0.4, 0.5) is 5.69 Å². The summed E-state index contributed by atoms with van der Waals surface area (Å²) in [5.74, 6) is -0.176. The molecule has 0 fully saturated rings. The van der Waals surface area contributed by atoms with Gasteiger partial charge in [0, 0.05) is 38.5 Å². The Morgan fingerprint density at radius 3 is 2.50 bits per heavy atom. The lowest BCUT2D eigenvalue weighted by molar-refractivity contribution is -0.118. The quantitative estimate of drug-likeness (QED) is 0.286. The molecule has 1 N–H and O–H groups in total. The van der Waals surface area contributed by atoms with Crippen molar-refractivity contribution in [3.05, 3.63) is 69.2 Å². The molecule has 1 amide bonds. The topological polar surface area (TPSA) is 98.5 Å². The smallest absolute Gasteiger partial charge is 0.295 e. The molecule has 3 aromatic rings. The third-order valence-electron chi connectivity index (χ3n) is 7.09. The molecule has 10 heteroatoms. The molecule has 0 saturated carbocycles. The Morgan fingerprint density at radius 1 is 1.20 bits per heavy atom. The van der Waals surface area contributed by atoms with Gasteiger partial charge in [-0.15, -0.1) is 0 Å². The Hall–Kier alpha value is -3.43. The number of Topliss-reactive ketones (excluding diaryl/α,β-unsaturated/α-hetero) is 1. The summed E-state index contributed by atoms with van der Waals surface area (Å²) in [5.41, 5.74) is 1.28. The Bertz CT molecular complexity index is 1400. The van der Waals surface area contributed by atoms with Crippen molar-refractivity contribution in [2.24, 2.45) is 12.5 Å². The molecule has 0 saturated heterocycles. The highest BCUT2D eigenvalue weighted by Gasteiger charge is 2.28. The van der Waals surface area contributed by atoms with Crippen LogP contribution in [0.3, 0.4) is 0 Å². The van der Waals surface area contributed by atoms with Gasteiger partial charge in [0.1, 0.15) is 5.69 Å². The Labute approximate surface area is 241 Å². The summed E-state index contributed by atoms with van der Waals surface area (Å²) in [7, 11) is 5.80. The molecule has 9 nitrogen and oxygen atoms in total. The van der Waals surface area contributed by atoms with Gasteiger partial charge in [-0.25, -0.2) is 9.67 Å². The second-order valence-corrected chi connectivity index (χ2v) is 11.5. The van der Waals surface area contributed by atoms with E-state index < -0.39 is 5.41 Å². The van der Waals surface area contributed by atoms with Crippen molar-refractivity contribution in [2.75, 3.05) is 26.0 Å². The highest BCUT2D eigenvalue weighted by molar-refractivity contribution is 6.30. The van der Waals surface area contributed by atoms with Gasteiger partial charge >= 0.3 is 0 Å². The van der Waals surface area contributed by atoms with Gasteiger partial charge in [0.05, 0.1) is 28.6 Å². The number of nitrogens with one attached hydrogen (secondary N) is 1. The van der Waals surface area contributed by atoms with Crippen LogP contribution in [0.5, 0.6) is 5.88 Å². The first-order chi connectivity index (χ1) is 18.8. The minimum absolute atomic E-state index is 0.134. The van der Waals surface area contributed by atoms with E-state index in [1.165, 1.54) is 6.20 Å². The number of benzene rings is 1. The van der Waals surface area contributed by atoms with Crippen LogP contribution in [0, 0.1) is 5.41 Å². The Morgan fingerprint density at radius 2 is 1.88 bits per heavy atom. The van der Waals surface area contributed by atoms with Crippen LogP contribution in [0.1, 0.15) is 63.0 Å². The van der Waals surface area contributed by atoms with Crippen molar-refractivity contribution in [1.82, 2.24) is 19.2 Å². The maximum Gasteiger partial charge on any atom is 0.295 e. The van der Waals surface area contributed by atoms with Gasteiger partial charge in [-0.05, 0) is 58.0 Å². The molecule has 0 aliphatic rings. The number of hydrogen-bond acceptors (Lipinski definition) is 6. The number of amides is 1. The molecule has 2 heterocycles. The number of para-hydroxylation sites is 1. The van der Waals surface area contributed by atoms with Crippen molar-refractivity contribution < 1.29 is 14.3 Å². The van der Waals surface area contributed by atoms with Crippen LogP contribution >= 0.6 is 11.6 Å². The number of pyridine rings is 1. The minimum Gasteiger partial charge on any atom is -0.477 e. The fraction of sp³-hybridized carbons (Fsp3) is 0.467. The second kappa shape index (κ2) is 13.3. The number of halogens is 1. The fourth-order valence-corrected chi connectivity index (χ4v) is 4.66. The number of likely N-dealkylation sites (N-methyl/N-ethyl adjacent to an activating group) is 1. The second-order valence-electron chi connectivity index (χ2n) is 11.1. The molecule has 3 rings (SSSR count). The number of nitrogens with zero attached hydrogens (tertiary/aromatic N) is 4. The third kappa shape index (κ3) is 7.61. The molecule has 1 aromatic carbocycles. The molecule has 0 spiro atoms. The van der Waals surface area contributed by atoms with Crippen LogP contribution in [-0.2, 0) is 18.3 Å². The molecule has 2 aromatic heterocycles. The summed E-state index contributed by atoms with van der Waals surface area (Å²) in [5, 5.41) is 3.27. The molecular weight excluding hydrogens is 530 g/mol. The van der Waals surface area contributed by atoms with Crippen molar-refractivity contribution >= 4 is 29.0 Å². The van der Waals surface area contributed by atoms with Crippen LogP contribution in [0.15, 0.2) is 47.4 Å². The molecule has 0 unspecified atom stereocenters. The standard InChI is InChI=1S/C30H40ClN5O4/c1-8-40-28-23(17-21(31)19-32-28)25(37)14-15-30(3,4)18-26(38)33-27-24(16-20(2)34(5)6)35(7)36(29(27)39)22-12-10-9-11-13-22/h9-13,17,19-20H,8,14-16,18H2,1-7H3,(H,33,38)/t20-/m0/s1. The summed E-state index contributed by atoms with van der Waals surface area (Å²) in [4.78, 5) is 46.1. The first-order valence-electron chi connectivity index (χ1n) is 13.5. The molecule has 0 bridgehead atoms. The maximum atomic E-state index is 13.6. The maximum absolute atomic E-state index is 13.6. The largest absolute Gasteiger partial charge is 0.477 e. The number of anilines is 1. The average molecular weight is 570 g/mol. The van der Waals surface area contributed by atoms with Crippen molar-refractivity contribution in [3.8, 4) is 11.6 Å². The van der Waals surface area contributed by atoms with E-state index in [1.807, 2.05) is 76.9 Å². The van der Waals surface area contributed by atoms with Crippen molar-refractivity contribution in [1.29, 1.82) is 0 Å². The summed E-state index contributed by atoms with van der Waals surface area (Å²) >= 11 is 6.07. The van der Waals surface area contributed by atoms with E-state index in [4.69, 9.17) is 16.3 Å². The SMILES string of the molecule is CCOc1ncc(Cl)cc1C(=O)CCC(C)(C)CC(=O)Nc1c(C[C@H](C)N(C)C)n(C)n(-c2ccccc2)c1=O. The van der Waals surface area contributed by atoms with Crippen molar-refractivity contribution in [2.45, 2.75) is 59.4 Å². The first-order valence-corrected chi connectivity index (χ1v) is 13.9. The van der Waals surface area contributed by atoms with Crippen LogP contribution in [-0.4, -0.2) is 57.7 Å². The lowest BCUT2D eigenvalue weighted by atomic mass is 9.83. The van der Waals surface area contributed by atoms with Crippen LogP contribution in [0.2, 0.25) is 5.02 Å². The van der Waals surface area contributed by atoms with Gasteiger partial charge in [-0.3, -0.25) is 19.1 Å². The number of ether oxygens (including phenoxy) is 1. The lowest BCUT2D eigenvalue weighted by Crippen LogP contribution is -2.29. The predicted octanol–water partition coefficient (Wildman–Crippen LogP) is 5.13. The number of aromatic nitrogens is 3. The van der Waals surface area contributed by atoms with E-state index in [1.54, 1.807) is 10.7 Å². The highest BCUT2D eigenvalue weighted by Crippen LogP contribution is 2.30. The van der Waals surface area contributed by atoms with Crippen LogP contribution in [0.25, 0.3) is 5.69 Å². The van der Waals surface area contributed by atoms with Crippen molar-refractivity contribution in [3.63, 3.8) is 0 Å². The van der Waals surface area contributed by atoms with Gasteiger partial charge < -0.3 is 15.0 Å². The van der Waals surface area contributed by atoms with E-state index in [9.17, 15) is 14.4 Å².